The first-order chi connectivity index (χ1) is 8.58. The van der Waals surface area contributed by atoms with E-state index in [4.69, 9.17) is 10.5 Å². The molecule has 0 aromatic heterocycles. The van der Waals surface area contributed by atoms with Crippen molar-refractivity contribution in [3.8, 4) is 0 Å². The molecule has 2 rings (SSSR count). The summed E-state index contributed by atoms with van der Waals surface area (Å²) in [5.74, 6) is -1.99. The Morgan fingerprint density at radius 1 is 1.33 bits per heavy atom. The Kier molecular flexibility index (Phi) is 3.68. The lowest BCUT2D eigenvalue weighted by atomic mass is 9.90. The first-order valence-corrected chi connectivity index (χ1v) is 5.78. The van der Waals surface area contributed by atoms with Gasteiger partial charge in [0.2, 0.25) is 0 Å². The van der Waals surface area contributed by atoms with Gasteiger partial charge < -0.3 is 20.9 Å². The molecule has 1 aromatic rings. The van der Waals surface area contributed by atoms with Crippen LogP contribution in [0.25, 0.3) is 0 Å². The Balaban J connectivity index is 2.29. The molecular formula is C12H16F2N2O2. The fourth-order valence-electron chi connectivity index (χ4n) is 2.04. The third-order valence-corrected chi connectivity index (χ3v) is 3.27. The molecule has 4 nitrogen and oxygen atoms in total. The third-order valence-electron chi connectivity index (χ3n) is 3.27. The van der Waals surface area contributed by atoms with Gasteiger partial charge in [-0.25, -0.2) is 8.78 Å². The molecule has 1 saturated heterocycles. The molecule has 0 spiro atoms. The number of benzene rings is 1. The summed E-state index contributed by atoms with van der Waals surface area (Å²) in [4.78, 5) is 0. The predicted molar refractivity (Wildman–Crippen MR) is 64.3 cm³/mol. The van der Waals surface area contributed by atoms with E-state index in [9.17, 15) is 13.9 Å². The molecule has 0 unspecified atom stereocenters. The van der Waals surface area contributed by atoms with Crippen LogP contribution in [0.1, 0.15) is 12.8 Å². The molecule has 6 heteroatoms. The fourth-order valence-corrected chi connectivity index (χ4v) is 2.04. The number of nitrogens with one attached hydrogen (secondary N) is 1. The summed E-state index contributed by atoms with van der Waals surface area (Å²) in [6.07, 6.45) is 1.03. The minimum atomic E-state index is -1.02. The van der Waals surface area contributed by atoms with Crippen molar-refractivity contribution in [2.45, 2.75) is 18.4 Å². The first kappa shape index (κ1) is 13.0. The number of hydrogen-bond acceptors (Lipinski definition) is 4. The molecule has 0 atom stereocenters. The van der Waals surface area contributed by atoms with Gasteiger partial charge in [-0.1, -0.05) is 0 Å². The summed E-state index contributed by atoms with van der Waals surface area (Å²) in [5.41, 5.74) is 4.96. The minimum Gasteiger partial charge on any atom is -0.397 e. The third kappa shape index (κ3) is 2.39. The smallest absolute Gasteiger partial charge is 0.183 e. The van der Waals surface area contributed by atoms with Crippen molar-refractivity contribution >= 4 is 11.4 Å². The molecule has 1 aromatic carbocycles. The van der Waals surface area contributed by atoms with Crippen LogP contribution in [0.3, 0.4) is 0 Å². The zero-order chi connectivity index (χ0) is 13.2. The summed E-state index contributed by atoms with van der Waals surface area (Å²) in [6.45, 7) is 0.737. The Morgan fingerprint density at radius 2 is 2.00 bits per heavy atom. The number of anilines is 2. The summed E-state index contributed by atoms with van der Waals surface area (Å²) < 4.78 is 32.1. The van der Waals surface area contributed by atoms with Crippen LogP contribution in [0.2, 0.25) is 0 Å². The van der Waals surface area contributed by atoms with Gasteiger partial charge in [0.1, 0.15) is 0 Å². The Hall–Kier alpha value is -1.40. The fraction of sp³-hybridized carbons (Fsp3) is 0.500. The second-order valence-electron chi connectivity index (χ2n) is 4.50. The number of aliphatic hydroxyl groups is 1. The zero-order valence-electron chi connectivity index (χ0n) is 9.88. The van der Waals surface area contributed by atoms with E-state index in [1.54, 1.807) is 0 Å². The monoisotopic (exact) mass is 258 g/mol. The maximum atomic E-state index is 13.7. The van der Waals surface area contributed by atoms with Crippen LogP contribution in [-0.4, -0.2) is 30.5 Å². The van der Waals surface area contributed by atoms with Gasteiger partial charge in [-0.3, -0.25) is 0 Å². The van der Waals surface area contributed by atoms with Crippen molar-refractivity contribution in [2.24, 2.45) is 0 Å². The van der Waals surface area contributed by atoms with Crippen molar-refractivity contribution < 1.29 is 18.6 Å². The maximum absolute atomic E-state index is 13.7. The van der Waals surface area contributed by atoms with Gasteiger partial charge in [-0.05, 0) is 25.0 Å². The lowest BCUT2D eigenvalue weighted by Crippen LogP contribution is -2.47. The van der Waals surface area contributed by atoms with Gasteiger partial charge in [-0.2, -0.15) is 0 Å². The van der Waals surface area contributed by atoms with Crippen LogP contribution in [0.4, 0.5) is 20.2 Å². The SMILES string of the molecule is Nc1ccc(F)c(F)c1NC1(CO)CCOCC1. The quantitative estimate of drug-likeness (QED) is 0.719. The van der Waals surface area contributed by atoms with Crippen molar-refractivity contribution in [1.82, 2.24) is 0 Å². The van der Waals surface area contributed by atoms with Gasteiger partial charge in [0.25, 0.3) is 0 Å². The largest absolute Gasteiger partial charge is 0.397 e. The van der Waals surface area contributed by atoms with E-state index in [-0.39, 0.29) is 18.0 Å². The summed E-state index contributed by atoms with van der Waals surface area (Å²) in [7, 11) is 0. The van der Waals surface area contributed by atoms with E-state index in [1.165, 1.54) is 6.07 Å². The second-order valence-corrected chi connectivity index (χ2v) is 4.50. The maximum Gasteiger partial charge on any atom is 0.183 e. The van der Waals surface area contributed by atoms with E-state index in [0.29, 0.717) is 26.1 Å². The molecule has 100 valence electrons. The van der Waals surface area contributed by atoms with Gasteiger partial charge in [0.05, 0.1) is 23.5 Å². The van der Waals surface area contributed by atoms with E-state index in [1.807, 2.05) is 0 Å². The van der Waals surface area contributed by atoms with Crippen LogP contribution in [0, 0.1) is 11.6 Å². The number of nitrogen functional groups attached to an aromatic ring is 1. The molecule has 0 aliphatic carbocycles. The van der Waals surface area contributed by atoms with E-state index in [2.05, 4.69) is 5.32 Å². The number of ether oxygens (including phenoxy) is 1. The highest BCUT2D eigenvalue weighted by Crippen LogP contribution is 2.31. The van der Waals surface area contributed by atoms with E-state index in [0.717, 1.165) is 6.07 Å². The Morgan fingerprint density at radius 3 is 2.61 bits per heavy atom. The molecule has 1 fully saturated rings. The highest BCUT2D eigenvalue weighted by atomic mass is 19.2. The van der Waals surface area contributed by atoms with Gasteiger partial charge in [0, 0.05) is 13.2 Å². The molecule has 1 heterocycles. The number of hydrogen-bond donors (Lipinski definition) is 3. The lowest BCUT2D eigenvalue weighted by molar-refractivity contribution is 0.0379. The molecule has 1 aliphatic heterocycles. The molecule has 0 bridgehead atoms. The highest BCUT2D eigenvalue weighted by Gasteiger charge is 2.33. The molecule has 18 heavy (non-hydrogen) atoms. The van der Waals surface area contributed by atoms with E-state index >= 15 is 0 Å². The van der Waals surface area contributed by atoms with Crippen molar-refractivity contribution in [2.75, 3.05) is 30.9 Å². The van der Waals surface area contributed by atoms with Crippen LogP contribution in [-0.2, 0) is 4.74 Å². The lowest BCUT2D eigenvalue weighted by Gasteiger charge is -2.37. The molecule has 1 aliphatic rings. The molecule has 4 N–H and O–H groups in total. The Labute approximate surface area is 104 Å². The minimum absolute atomic E-state index is 0.0917. The number of nitrogens with two attached hydrogens (primary N) is 1. The standard InChI is InChI=1S/C12H16F2N2O2/c13-8-1-2-9(15)11(10(8)14)16-12(7-17)3-5-18-6-4-12/h1-2,16-17H,3-7,15H2. The Bertz CT molecular complexity index is 434. The van der Waals surface area contributed by atoms with Crippen LogP contribution in [0.5, 0.6) is 0 Å². The summed E-state index contributed by atoms with van der Waals surface area (Å²) in [6, 6.07) is 2.27. The molecule has 0 radical (unpaired) electrons. The topological polar surface area (TPSA) is 67.5 Å². The van der Waals surface area contributed by atoms with Crippen LogP contribution < -0.4 is 11.1 Å². The van der Waals surface area contributed by atoms with Gasteiger partial charge in [-0.15, -0.1) is 0 Å². The van der Waals surface area contributed by atoms with Crippen molar-refractivity contribution in [1.29, 1.82) is 0 Å². The van der Waals surface area contributed by atoms with Crippen molar-refractivity contribution in [3.63, 3.8) is 0 Å². The molecular weight excluding hydrogens is 242 g/mol. The van der Waals surface area contributed by atoms with Crippen molar-refractivity contribution in [3.05, 3.63) is 23.8 Å². The zero-order valence-corrected chi connectivity index (χ0v) is 9.88. The normalized spacial score (nSPS) is 18.6. The van der Waals surface area contributed by atoms with Gasteiger partial charge in [0.15, 0.2) is 11.6 Å². The predicted octanol–water partition coefficient (Wildman–Crippen LogP) is 1.50. The number of halogens is 2. The summed E-state index contributed by atoms with van der Waals surface area (Å²) >= 11 is 0. The number of rotatable bonds is 3. The second kappa shape index (κ2) is 5.07. The highest BCUT2D eigenvalue weighted by molar-refractivity contribution is 5.68. The van der Waals surface area contributed by atoms with Gasteiger partial charge >= 0.3 is 0 Å². The first-order valence-electron chi connectivity index (χ1n) is 5.78. The average molecular weight is 258 g/mol. The molecule has 0 amide bonds. The molecule has 0 saturated carbocycles. The number of aliphatic hydroxyl groups excluding tert-OH is 1. The van der Waals surface area contributed by atoms with Crippen LogP contribution in [0.15, 0.2) is 12.1 Å². The average Bonchev–Trinajstić information content (AvgIpc) is 2.40. The van der Waals surface area contributed by atoms with E-state index < -0.39 is 17.2 Å². The summed E-state index contributed by atoms with van der Waals surface area (Å²) in [5, 5.41) is 12.3. The van der Waals surface area contributed by atoms with Crippen LogP contribution >= 0.6 is 0 Å².